The van der Waals surface area contributed by atoms with Crippen LogP contribution < -0.4 is 15.2 Å². The van der Waals surface area contributed by atoms with Crippen molar-refractivity contribution in [1.29, 1.82) is 0 Å². The molecule has 17 heavy (non-hydrogen) atoms. The van der Waals surface area contributed by atoms with Crippen LogP contribution in [0.1, 0.15) is 11.6 Å². The number of nitrogens with two attached hydrogens (primary N) is 1. The van der Waals surface area contributed by atoms with Crippen LogP contribution in [0.5, 0.6) is 11.5 Å². The van der Waals surface area contributed by atoms with Crippen molar-refractivity contribution in [3.63, 3.8) is 0 Å². The number of carbonyl (C=O) groups is 1. The first-order valence-electron chi connectivity index (χ1n) is 4.56. The fourth-order valence-corrected chi connectivity index (χ4v) is 1.70. The molecule has 0 aliphatic carbocycles. The Balaban J connectivity index is 0.00000144. The second-order valence-corrected chi connectivity index (χ2v) is 3.64. The molecule has 1 aromatic rings. The average Bonchev–Trinajstić information content (AvgIpc) is 2.72. The molecule has 0 unspecified atom stereocenters. The normalized spacial score (nSPS) is 13.8. The summed E-state index contributed by atoms with van der Waals surface area (Å²) >= 11 is 5.98. The fraction of sp³-hybridized carbons (Fsp3) is 0.300. The summed E-state index contributed by atoms with van der Waals surface area (Å²) in [5.74, 6) is 0.519. The third-order valence-electron chi connectivity index (χ3n) is 2.28. The summed E-state index contributed by atoms with van der Waals surface area (Å²) in [6, 6.07) is 2.24. The highest BCUT2D eigenvalue weighted by atomic mass is 35.5. The van der Waals surface area contributed by atoms with Gasteiger partial charge in [-0.2, -0.15) is 0 Å². The summed E-state index contributed by atoms with van der Waals surface area (Å²) in [6.07, 6.45) is 0. The zero-order valence-corrected chi connectivity index (χ0v) is 10.5. The Morgan fingerprint density at radius 3 is 2.65 bits per heavy atom. The predicted molar refractivity (Wildman–Crippen MR) is 63.8 cm³/mol. The molecule has 1 aliphatic rings. The van der Waals surface area contributed by atoms with E-state index in [1.807, 2.05) is 0 Å². The van der Waals surface area contributed by atoms with E-state index in [0.29, 0.717) is 22.1 Å². The van der Waals surface area contributed by atoms with Gasteiger partial charge in [0.05, 0.1) is 7.11 Å². The van der Waals surface area contributed by atoms with Gasteiger partial charge in [-0.1, -0.05) is 11.6 Å². The summed E-state index contributed by atoms with van der Waals surface area (Å²) in [5, 5.41) is 0.349. The Hall–Kier alpha value is -1.17. The van der Waals surface area contributed by atoms with Crippen molar-refractivity contribution in [2.45, 2.75) is 6.04 Å². The molecular formula is C10H11Cl2NO4. The number of benzene rings is 1. The number of methoxy groups -OCH3 is 1. The monoisotopic (exact) mass is 279 g/mol. The Morgan fingerprint density at radius 2 is 2.06 bits per heavy atom. The zero-order valence-electron chi connectivity index (χ0n) is 8.94. The van der Waals surface area contributed by atoms with Gasteiger partial charge in [-0.05, 0) is 6.07 Å². The highest BCUT2D eigenvalue weighted by Crippen LogP contribution is 2.38. The second-order valence-electron chi connectivity index (χ2n) is 3.23. The average molecular weight is 280 g/mol. The third kappa shape index (κ3) is 2.57. The molecule has 0 spiro atoms. The van der Waals surface area contributed by atoms with Gasteiger partial charge in [-0.25, -0.2) is 0 Å². The van der Waals surface area contributed by atoms with E-state index in [-0.39, 0.29) is 19.2 Å². The van der Waals surface area contributed by atoms with Crippen LogP contribution in [0.4, 0.5) is 0 Å². The molecule has 0 radical (unpaired) electrons. The summed E-state index contributed by atoms with van der Waals surface area (Å²) in [5.41, 5.74) is 6.14. The van der Waals surface area contributed by atoms with Crippen LogP contribution in [-0.2, 0) is 9.53 Å². The number of ether oxygens (including phenoxy) is 3. The maximum Gasteiger partial charge on any atom is 0.327 e. The van der Waals surface area contributed by atoms with Crippen LogP contribution in [0.15, 0.2) is 12.1 Å². The summed E-state index contributed by atoms with van der Waals surface area (Å²) in [4.78, 5) is 11.3. The molecule has 0 saturated heterocycles. The largest absolute Gasteiger partial charge is 0.468 e. The first-order valence-corrected chi connectivity index (χ1v) is 4.93. The van der Waals surface area contributed by atoms with Gasteiger partial charge in [0.25, 0.3) is 0 Å². The number of hydrogen-bond donors (Lipinski definition) is 1. The molecule has 1 aliphatic heterocycles. The Bertz CT molecular complexity index is 439. The molecular weight excluding hydrogens is 269 g/mol. The minimum absolute atomic E-state index is 0. The van der Waals surface area contributed by atoms with Gasteiger partial charge in [0.2, 0.25) is 6.79 Å². The Labute approximate surface area is 109 Å². The van der Waals surface area contributed by atoms with E-state index in [4.69, 9.17) is 26.8 Å². The lowest BCUT2D eigenvalue weighted by atomic mass is 10.1. The molecule has 1 atom stereocenters. The van der Waals surface area contributed by atoms with Crippen molar-refractivity contribution in [1.82, 2.24) is 0 Å². The maximum absolute atomic E-state index is 11.3. The van der Waals surface area contributed by atoms with Crippen molar-refractivity contribution < 1.29 is 19.0 Å². The summed E-state index contributed by atoms with van der Waals surface area (Å²) < 4.78 is 14.9. The lowest BCUT2D eigenvalue weighted by Gasteiger charge is -2.11. The quantitative estimate of drug-likeness (QED) is 0.834. The van der Waals surface area contributed by atoms with Gasteiger partial charge in [0, 0.05) is 16.7 Å². The predicted octanol–water partition coefficient (Wildman–Crippen LogP) is 1.66. The van der Waals surface area contributed by atoms with Crippen LogP contribution >= 0.6 is 24.0 Å². The first-order chi connectivity index (χ1) is 7.63. The number of halogens is 2. The van der Waals surface area contributed by atoms with E-state index < -0.39 is 12.0 Å². The maximum atomic E-state index is 11.3. The minimum atomic E-state index is -0.924. The van der Waals surface area contributed by atoms with Crippen LogP contribution in [0.3, 0.4) is 0 Å². The van der Waals surface area contributed by atoms with Crippen molar-refractivity contribution in [2.75, 3.05) is 13.9 Å². The molecule has 2 rings (SSSR count). The highest BCUT2D eigenvalue weighted by Gasteiger charge is 2.24. The van der Waals surface area contributed by atoms with E-state index in [2.05, 4.69) is 4.74 Å². The second kappa shape index (κ2) is 5.44. The molecule has 1 heterocycles. The molecule has 2 N–H and O–H groups in total. The first kappa shape index (κ1) is 13.9. The van der Waals surface area contributed by atoms with Crippen LogP contribution in [0, 0.1) is 0 Å². The van der Waals surface area contributed by atoms with Crippen LogP contribution in [0.2, 0.25) is 5.02 Å². The number of rotatable bonds is 2. The molecule has 5 nitrogen and oxygen atoms in total. The number of fused-ring (bicyclic) bond motifs is 1. The van der Waals surface area contributed by atoms with Crippen molar-refractivity contribution in [2.24, 2.45) is 5.73 Å². The van der Waals surface area contributed by atoms with E-state index in [1.165, 1.54) is 7.11 Å². The lowest BCUT2D eigenvalue weighted by molar-refractivity contribution is -0.142. The number of hydrogen-bond acceptors (Lipinski definition) is 5. The van der Waals surface area contributed by atoms with Crippen molar-refractivity contribution in [3.8, 4) is 11.5 Å². The zero-order chi connectivity index (χ0) is 11.7. The molecule has 0 amide bonds. The Morgan fingerprint density at radius 1 is 1.47 bits per heavy atom. The Kier molecular flexibility index (Phi) is 4.45. The van der Waals surface area contributed by atoms with Gasteiger partial charge in [0.15, 0.2) is 11.5 Å². The van der Waals surface area contributed by atoms with Crippen molar-refractivity contribution >= 4 is 30.0 Å². The van der Waals surface area contributed by atoms with Crippen LogP contribution in [-0.4, -0.2) is 19.9 Å². The van der Waals surface area contributed by atoms with Gasteiger partial charge >= 0.3 is 5.97 Å². The molecule has 1 aromatic carbocycles. The standard InChI is InChI=1S/C10H10ClNO4.ClH/c1-14-10(13)9(12)5-2-7-8(3-6(5)11)16-4-15-7;/h2-3,9H,4,12H2,1H3;1H/t9-;/m0./s1. The minimum Gasteiger partial charge on any atom is -0.468 e. The van der Waals surface area contributed by atoms with Crippen LogP contribution in [0.25, 0.3) is 0 Å². The molecule has 7 heteroatoms. The van der Waals surface area contributed by atoms with Gasteiger partial charge in [-0.3, -0.25) is 4.79 Å². The SMILES string of the molecule is COC(=O)[C@@H](N)c1cc2c(cc1Cl)OCO2.Cl. The molecule has 0 aromatic heterocycles. The summed E-state index contributed by atoms with van der Waals surface area (Å²) in [6.45, 7) is 0.141. The molecule has 0 fully saturated rings. The van der Waals surface area contributed by atoms with E-state index in [9.17, 15) is 4.79 Å². The molecule has 0 saturated carbocycles. The van der Waals surface area contributed by atoms with E-state index in [0.717, 1.165) is 0 Å². The molecule has 94 valence electrons. The smallest absolute Gasteiger partial charge is 0.327 e. The van der Waals surface area contributed by atoms with E-state index in [1.54, 1.807) is 12.1 Å². The van der Waals surface area contributed by atoms with E-state index >= 15 is 0 Å². The van der Waals surface area contributed by atoms with Gasteiger partial charge < -0.3 is 19.9 Å². The van der Waals surface area contributed by atoms with Gasteiger partial charge in [-0.15, -0.1) is 12.4 Å². The molecule has 0 bridgehead atoms. The lowest BCUT2D eigenvalue weighted by Crippen LogP contribution is -2.22. The van der Waals surface area contributed by atoms with Gasteiger partial charge in [0.1, 0.15) is 6.04 Å². The van der Waals surface area contributed by atoms with Crippen molar-refractivity contribution in [3.05, 3.63) is 22.7 Å². The number of esters is 1. The fourth-order valence-electron chi connectivity index (χ4n) is 1.43. The highest BCUT2D eigenvalue weighted by molar-refractivity contribution is 6.31. The number of carbonyl (C=O) groups excluding carboxylic acids is 1. The topological polar surface area (TPSA) is 70.8 Å². The summed E-state index contributed by atoms with van der Waals surface area (Å²) in [7, 11) is 1.27. The third-order valence-corrected chi connectivity index (χ3v) is 2.61.